The van der Waals surface area contributed by atoms with Crippen molar-refractivity contribution in [3.05, 3.63) is 30.1 Å². The molecule has 0 aromatic carbocycles. The van der Waals surface area contributed by atoms with Gasteiger partial charge in [-0.2, -0.15) is 0 Å². The van der Waals surface area contributed by atoms with E-state index in [0.717, 1.165) is 5.56 Å². The zero-order valence-corrected chi connectivity index (χ0v) is 10.9. The second-order valence-electron chi connectivity index (χ2n) is 5.06. The van der Waals surface area contributed by atoms with Crippen LogP contribution in [0, 0.1) is 0 Å². The van der Waals surface area contributed by atoms with Crippen molar-refractivity contribution in [2.24, 2.45) is 0 Å². The highest BCUT2D eigenvalue weighted by molar-refractivity contribution is 5.67. The lowest BCUT2D eigenvalue weighted by Gasteiger charge is -2.20. The van der Waals surface area contributed by atoms with E-state index in [-0.39, 0.29) is 12.0 Å². The highest BCUT2D eigenvalue weighted by Crippen LogP contribution is 2.12. The zero-order chi connectivity index (χ0) is 12.9. The van der Waals surface area contributed by atoms with E-state index in [1.54, 1.807) is 12.4 Å². The molecule has 1 aromatic rings. The number of hydrogen-bond donors (Lipinski definition) is 1. The number of carbonyl (C=O) groups excluding carboxylic acids is 1. The third-order valence-electron chi connectivity index (χ3n) is 2.23. The Morgan fingerprint density at radius 1 is 1.41 bits per heavy atom. The van der Waals surface area contributed by atoms with Gasteiger partial charge in [-0.05, 0) is 44.4 Å². The number of ether oxygens (including phenoxy) is 1. The molecular weight excluding hydrogens is 216 g/mol. The quantitative estimate of drug-likeness (QED) is 0.877. The first-order chi connectivity index (χ1) is 7.88. The lowest BCUT2D eigenvalue weighted by molar-refractivity contribution is 0.0525. The van der Waals surface area contributed by atoms with Gasteiger partial charge in [0.25, 0.3) is 0 Å². The summed E-state index contributed by atoms with van der Waals surface area (Å²) in [7, 11) is 0. The van der Waals surface area contributed by atoms with Crippen LogP contribution >= 0.6 is 0 Å². The van der Waals surface area contributed by atoms with Crippen molar-refractivity contribution in [1.82, 2.24) is 10.3 Å². The number of rotatable bonds is 3. The lowest BCUT2D eigenvalue weighted by atomic mass is 10.0. The summed E-state index contributed by atoms with van der Waals surface area (Å²) in [6.45, 7) is 8.14. The third-order valence-corrected chi connectivity index (χ3v) is 2.23. The molecule has 1 rings (SSSR count). The van der Waals surface area contributed by atoms with Gasteiger partial charge in [0.1, 0.15) is 5.60 Å². The van der Waals surface area contributed by atoms with E-state index in [1.807, 2.05) is 39.8 Å². The third kappa shape index (κ3) is 5.33. The molecule has 1 unspecified atom stereocenters. The topological polar surface area (TPSA) is 51.2 Å². The normalized spacial score (nSPS) is 12.9. The largest absolute Gasteiger partial charge is 0.444 e. The van der Waals surface area contributed by atoms with Crippen molar-refractivity contribution in [3.63, 3.8) is 0 Å². The molecule has 0 saturated carbocycles. The van der Waals surface area contributed by atoms with Crippen LogP contribution in [0.1, 0.15) is 39.2 Å². The molecule has 0 fully saturated rings. The summed E-state index contributed by atoms with van der Waals surface area (Å²) in [4.78, 5) is 15.4. The van der Waals surface area contributed by atoms with Gasteiger partial charge in [0, 0.05) is 18.9 Å². The summed E-state index contributed by atoms with van der Waals surface area (Å²) in [6.07, 6.45) is 3.12. The smallest absolute Gasteiger partial charge is 0.407 e. The predicted octanol–water partition coefficient (Wildman–Crippen LogP) is 2.71. The molecule has 0 radical (unpaired) electrons. The number of alkyl carbamates (subject to hydrolysis) is 1. The van der Waals surface area contributed by atoms with Gasteiger partial charge in [0.2, 0.25) is 0 Å². The molecule has 1 heterocycles. The molecule has 1 atom stereocenters. The molecule has 0 aliphatic rings. The molecule has 4 heteroatoms. The fraction of sp³-hybridized carbons (Fsp3) is 0.538. The first-order valence-electron chi connectivity index (χ1n) is 5.75. The van der Waals surface area contributed by atoms with E-state index >= 15 is 0 Å². The standard InChI is InChI=1S/C13H20N2O2/c1-10(11-5-7-14-8-6-11)9-15-12(16)17-13(2,3)4/h5-8,10H,9H2,1-4H3,(H,15,16). The van der Waals surface area contributed by atoms with E-state index < -0.39 is 5.60 Å². The number of amides is 1. The summed E-state index contributed by atoms with van der Waals surface area (Å²) in [5, 5.41) is 2.76. The molecule has 0 spiro atoms. The molecule has 0 saturated heterocycles. The molecule has 0 aliphatic heterocycles. The summed E-state index contributed by atoms with van der Waals surface area (Å²) in [5.41, 5.74) is 0.695. The van der Waals surface area contributed by atoms with E-state index in [1.165, 1.54) is 0 Å². The molecule has 17 heavy (non-hydrogen) atoms. The highest BCUT2D eigenvalue weighted by Gasteiger charge is 2.16. The number of nitrogens with zero attached hydrogens (tertiary/aromatic N) is 1. The van der Waals surface area contributed by atoms with Gasteiger partial charge in [0.05, 0.1) is 0 Å². The van der Waals surface area contributed by atoms with Crippen LogP contribution in [0.25, 0.3) is 0 Å². The molecule has 4 nitrogen and oxygen atoms in total. The minimum absolute atomic E-state index is 0.241. The van der Waals surface area contributed by atoms with Gasteiger partial charge in [-0.15, -0.1) is 0 Å². The lowest BCUT2D eigenvalue weighted by Crippen LogP contribution is -2.34. The van der Waals surface area contributed by atoms with Crippen LogP contribution in [0.2, 0.25) is 0 Å². The Bertz CT molecular complexity index is 357. The van der Waals surface area contributed by atoms with E-state index in [4.69, 9.17) is 4.74 Å². The van der Waals surface area contributed by atoms with Crippen LogP contribution in [-0.2, 0) is 4.74 Å². The van der Waals surface area contributed by atoms with Crippen LogP contribution in [-0.4, -0.2) is 23.2 Å². The minimum Gasteiger partial charge on any atom is -0.444 e. The van der Waals surface area contributed by atoms with Gasteiger partial charge in [0.15, 0.2) is 0 Å². The molecule has 94 valence electrons. The Hall–Kier alpha value is -1.58. The van der Waals surface area contributed by atoms with Crippen molar-refractivity contribution in [2.45, 2.75) is 39.2 Å². The molecule has 0 bridgehead atoms. The number of hydrogen-bond acceptors (Lipinski definition) is 3. The number of pyridine rings is 1. The fourth-order valence-corrected chi connectivity index (χ4v) is 1.36. The number of nitrogens with one attached hydrogen (secondary N) is 1. The van der Waals surface area contributed by atoms with Gasteiger partial charge in [-0.3, -0.25) is 4.98 Å². The van der Waals surface area contributed by atoms with Crippen molar-refractivity contribution in [2.75, 3.05) is 6.54 Å². The van der Waals surface area contributed by atoms with Gasteiger partial charge >= 0.3 is 6.09 Å². The predicted molar refractivity (Wildman–Crippen MR) is 66.9 cm³/mol. The SMILES string of the molecule is CC(CNC(=O)OC(C)(C)C)c1ccncc1. The zero-order valence-electron chi connectivity index (χ0n) is 10.9. The number of carbonyl (C=O) groups is 1. The van der Waals surface area contributed by atoms with E-state index in [9.17, 15) is 4.79 Å². The Balaban J connectivity index is 2.39. The molecule has 1 amide bonds. The highest BCUT2D eigenvalue weighted by atomic mass is 16.6. The second-order valence-corrected chi connectivity index (χ2v) is 5.06. The fourth-order valence-electron chi connectivity index (χ4n) is 1.36. The van der Waals surface area contributed by atoms with Gasteiger partial charge < -0.3 is 10.1 Å². The van der Waals surface area contributed by atoms with E-state index in [2.05, 4.69) is 10.3 Å². The summed E-state index contributed by atoms with van der Waals surface area (Å²) < 4.78 is 5.16. The maximum Gasteiger partial charge on any atom is 0.407 e. The Morgan fingerprint density at radius 2 is 2.00 bits per heavy atom. The molecular formula is C13H20N2O2. The molecule has 1 N–H and O–H groups in total. The monoisotopic (exact) mass is 236 g/mol. The first-order valence-corrected chi connectivity index (χ1v) is 5.75. The maximum absolute atomic E-state index is 11.4. The summed E-state index contributed by atoms with van der Waals surface area (Å²) >= 11 is 0. The van der Waals surface area contributed by atoms with Crippen molar-refractivity contribution >= 4 is 6.09 Å². The van der Waals surface area contributed by atoms with E-state index in [0.29, 0.717) is 6.54 Å². The first kappa shape index (κ1) is 13.5. The average Bonchev–Trinajstić information content (AvgIpc) is 2.25. The van der Waals surface area contributed by atoms with Crippen molar-refractivity contribution in [3.8, 4) is 0 Å². The Morgan fingerprint density at radius 3 is 2.53 bits per heavy atom. The molecule has 0 aliphatic carbocycles. The summed E-state index contributed by atoms with van der Waals surface area (Å²) in [5.74, 6) is 0.241. The number of aromatic nitrogens is 1. The Kier molecular flexibility index (Phi) is 4.49. The summed E-state index contributed by atoms with van der Waals surface area (Å²) in [6, 6.07) is 3.89. The van der Waals surface area contributed by atoms with Crippen LogP contribution in [0.3, 0.4) is 0 Å². The van der Waals surface area contributed by atoms with Crippen molar-refractivity contribution < 1.29 is 9.53 Å². The van der Waals surface area contributed by atoms with Gasteiger partial charge in [-0.25, -0.2) is 4.79 Å². The molecule has 1 aromatic heterocycles. The van der Waals surface area contributed by atoms with Gasteiger partial charge in [-0.1, -0.05) is 6.92 Å². The Labute approximate surface area is 102 Å². The van der Waals surface area contributed by atoms with Crippen LogP contribution in [0.4, 0.5) is 4.79 Å². The average molecular weight is 236 g/mol. The second kappa shape index (κ2) is 5.66. The van der Waals surface area contributed by atoms with Crippen LogP contribution in [0.15, 0.2) is 24.5 Å². The minimum atomic E-state index is -0.454. The van der Waals surface area contributed by atoms with Crippen LogP contribution < -0.4 is 5.32 Å². The van der Waals surface area contributed by atoms with Crippen LogP contribution in [0.5, 0.6) is 0 Å². The maximum atomic E-state index is 11.4. The van der Waals surface area contributed by atoms with Crippen molar-refractivity contribution in [1.29, 1.82) is 0 Å².